The van der Waals surface area contributed by atoms with Gasteiger partial charge in [-0.3, -0.25) is 9.48 Å². The van der Waals surface area contributed by atoms with Gasteiger partial charge in [0.25, 0.3) is 0 Å². The molecule has 0 N–H and O–H groups in total. The van der Waals surface area contributed by atoms with Crippen LogP contribution in [-0.4, -0.2) is 15.6 Å². The molecule has 0 saturated heterocycles. The van der Waals surface area contributed by atoms with Gasteiger partial charge in [0.15, 0.2) is 5.78 Å². The van der Waals surface area contributed by atoms with Gasteiger partial charge >= 0.3 is 0 Å². The number of aryl methyl sites for hydroxylation is 1. The third-order valence-corrected chi connectivity index (χ3v) is 3.46. The molecule has 0 bridgehead atoms. The average molecular weight is 256 g/mol. The minimum atomic E-state index is 0.194. The molecule has 3 nitrogen and oxygen atoms in total. The number of ketones is 1. The van der Waals surface area contributed by atoms with Crippen LogP contribution < -0.4 is 0 Å². The summed E-state index contributed by atoms with van der Waals surface area (Å²) in [7, 11) is 0. The van der Waals surface area contributed by atoms with Crippen LogP contribution in [0, 0.1) is 13.8 Å². The zero-order valence-electron chi connectivity index (χ0n) is 11.8. The number of aromatic nitrogens is 2. The van der Waals surface area contributed by atoms with Gasteiger partial charge < -0.3 is 0 Å². The Morgan fingerprint density at radius 1 is 1.21 bits per heavy atom. The summed E-state index contributed by atoms with van der Waals surface area (Å²) >= 11 is 0. The van der Waals surface area contributed by atoms with E-state index in [9.17, 15) is 4.79 Å². The molecule has 19 heavy (non-hydrogen) atoms. The highest BCUT2D eigenvalue weighted by molar-refractivity contribution is 5.80. The second kappa shape index (κ2) is 5.83. The summed E-state index contributed by atoms with van der Waals surface area (Å²) in [5.41, 5.74) is 4.46. The number of rotatable bonds is 5. The number of benzene rings is 1. The molecule has 2 aromatic rings. The van der Waals surface area contributed by atoms with Crippen LogP contribution in [0.25, 0.3) is 0 Å². The number of nitrogens with zero attached hydrogens (tertiary/aromatic N) is 2. The highest BCUT2D eigenvalue weighted by Crippen LogP contribution is 2.13. The lowest BCUT2D eigenvalue weighted by Crippen LogP contribution is -2.15. The third kappa shape index (κ3) is 3.11. The average Bonchev–Trinajstić information content (AvgIpc) is 2.65. The maximum absolute atomic E-state index is 12.1. The molecular formula is C16H20N2O. The molecule has 0 unspecified atom stereocenters. The van der Waals surface area contributed by atoms with Gasteiger partial charge in [-0.2, -0.15) is 5.10 Å². The van der Waals surface area contributed by atoms with E-state index in [-0.39, 0.29) is 5.78 Å². The molecule has 3 heteroatoms. The van der Waals surface area contributed by atoms with Crippen LogP contribution in [-0.2, 0) is 24.2 Å². The van der Waals surface area contributed by atoms with E-state index < -0.39 is 0 Å². The van der Waals surface area contributed by atoms with Crippen molar-refractivity contribution in [3.63, 3.8) is 0 Å². The first-order valence-electron chi connectivity index (χ1n) is 6.70. The smallest absolute Gasteiger partial charge is 0.158 e. The Kier molecular flexibility index (Phi) is 4.15. The van der Waals surface area contributed by atoms with Crippen molar-refractivity contribution in [1.82, 2.24) is 9.78 Å². The lowest BCUT2D eigenvalue weighted by atomic mass is 10.1. The summed E-state index contributed by atoms with van der Waals surface area (Å²) in [6.07, 6.45) is 1.44. The molecule has 1 aromatic heterocycles. The molecule has 1 aromatic carbocycles. The number of hydrogen-bond acceptors (Lipinski definition) is 2. The van der Waals surface area contributed by atoms with E-state index >= 15 is 0 Å². The van der Waals surface area contributed by atoms with Crippen LogP contribution in [0.1, 0.15) is 29.4 Å². The fourth-order valence-electron chi connectivity index (χ4n) is 2.45. The van der Waals surface area contributed by atoms with Crippen molar-refractivity contribution in [2.45, 2.75) is 40.2 Å². The molecule has 0 aliphatic carbocycles. The Bertz CT molecular complexity index is 570. The molecule has 100 valence electrons. The van der Waals surface area contributed by atoms with E-state index in [1.54, 1.807) is 0 Å². The molecule has 0 radical (unpaired) electrons. The maximum atomic E-state index is 12.1. The standard InChI is InChI=1S/C16H20N2O/c1-4-16-12(2)17-18(13(16)3)11-15(19)10-14-8-6-5-7-9-14/h5-9H,4,10-11H2,1-3H3. The Morgan fingerprint density at radius 2 is 1.89 bits per heavy atom. The zero-order chi connectivity index (χ0) is 13.8. The number of carbonyl (C=O) groups is 1. The van der Waals surface area contributed by atoms with Crippen molar-refractivity contribution in [2.75, 3.05) is 0 Å². The second-order valence-corrected chi connectivity index (χ2v) is 4.86. The SMILES string of the molecule is CCc1c(C)nn(CC(=O)Cc2ccccc2)c1C. The van der Waals surface area contributed by atoms with Crippen LogP contribution in [0.15, 0.2) is 30.3 Å². The highest BCUT2D eigenvalue weighted by atomic mass is 16.1. The van der Waals surface area contributed by atoms with Gasteiger partial charge in [0.2, 0.25) is 0 Å². The zero-order valence-corrected chi connectivity index (χ0v) is 11.8. The van der Waals surface area contributed by atoms with Crippen molar-refractivity contribution < 1.29 is 4.79 Å². The molecule has 2 rings (SSSR count). The summed E-state index contributed by atoms with van der Waals surface area (Å²) in [5, 5.41) is 4.46. The van der Waals surface area contributed by atoms with Crippen LogP contribution in [0.4, 0.5) is 0 Å². The van der Waals surface area contributed by atoms with Gasteiger partial charge in [-0.05, 0) is 31.4 Å². The van der Waals surface area contributed by atoms with E-state index in [2.05, 4.69) is 12.0 Å². The Hall–Kier alpha value is -1.90. The van der Waals surface area contributed by atoms with Crippen molar-refractivity contribution in [1.29, 1.82) is 0 Å². The first-order chi connectivity index (χ1) is 9.11. The highest BCUT2D eigenvalue weighted by Gasteiger charge is 2.12. The lowest BCUT2D eigenvalue weighted by Gasteiger charge is -2.05. The number of Topliss-reactive ketones (excluding diaryl/α,β-unsaturated/α-hetero) is 1. The number of hydrogen-bond donors (Lipinski definition) is 0. The summed E-state index contributed by atoms with van der Waals surface area (Å²) in [5.74, 6) is 0.194. The third-order valence-electron chi connectivity index (χ3n) is 3.46. The Labute approximate surface area is 114 Å². The molecule has 0 fully saturated rings. The minimum absolute atomic E-state index is 0.194. The normalized spacial score (nSPS) is 10.7. The van der Waals surface area contributed by atoms with Gasteiger partial charge in [-0.25, -0.2) is 0 Å². The topological polar surface area (TPSA) is 34.9 Å². The lowest BCUT2D eigenvalue weighted by molar-refractivity contribution is -0.119. The van der Waals surface area contributed by atoms with Gasteiger partial charge in [0.1, 0.15) is 6.54 Å². The summed E-state index contributed by atoms with van der Waals surface area (Å²) < 4.78 is 1.83. The Balaban J connectivity index is 2.07. The molecule has 0 atom stereocenters. The first kappa shape index (κ1) is 13.5. The molecule has 1 heterocycles. The van der Waals surface area contributed by atoms with E-state index in [1.807, 2.05) is 48.9 Å². The Morgan fingerprint density at radius 3 is 2.47 bits per heavy atom. The molecule has 0 amide bonds. The summed E-state index contributed by atoms with van der Waals surface area (Å²) in [6, 6.07) is 9.85. The van der Waals surface area contributed by atoms with Crippen LogP contribution in [0.2, 0.25) is 0 Å². The fourth-order valence-corrected chi connectivity index (χ4v) is 2.45. The van der Waals surface area contributed by atoms with Gasteiger partial charge in [0, 0.05) is 12.1 Å². The minimum Gasteiger partial charge on any atom is -0.297 e. The van der Waals surface area contributed by atoms with E-state index in [0.29, 0.717) is 13.0 Å². The van der Waals surface area contributed by atoms with Crippen LogP contribution in [0.3, 0.4) is 0 Å². The second-order valence-electron chi connectivity index (χ2n) is 4.86. The van der Waals surface area contributed by atoms with Gasteiger partial charge in [-0.15, -0.1) is 0 Å². The van der Waals surface area contributed by atoms with E-state index in [0.717, 1.165) is 23.4 Å². The largest absolute Gasteiger partial charge is 0.297 e. The molecule has 0 saturated carbocycles. The van der Waals surface area contributed by atoms with Gasteiger partial charge in [-0.1, -0.05) is 37.3 Å². The van der Waals surface area contributed by atoms with Crippen molar-refractivity contribution in [3.05, 3.63) is 52.8 Å². The summed E-state index contributed by atoms with van der Waals surface area (Å²) in [6.45, 7) is 6.52. The fraction of sp³-hybridized carbons (Fsp3) is 0.375. The molecule has 0 spiro atoms. The maximum Gasteiger partial charge on any atom is 0.158 e. The predicted molar refractivity (Wildman–Crippen MR) is 76.2 cm³/mol. The summed E-state index contributed by atoms with van der Waals surface area (Å²) in [4.78, 5) is 12.1. The molecular weight excluding hydrogens is 236 g/mol. The van der Waals surface area contributed by atoms with Crippen molar-refractivity contribution in [2.24, 2.45) is 0 Å². The van der Waals surface area contributed by atoms with E-state index in [1.165, 1.54) is 5.56 Å². The molecule has 0 aliphatic rings. The van der Waals surface area contributed by atoms with Crippen molar-refractivity contribution >= 4 is 5.78 Å². The van der Waals surface area contributed by atoms with Gasteiger partial charge in [0.05, 0.1) is 5.69 Å². The van der Waals surface area contributed by atoms with E-state index in [4.69, 9.17) is 0 Å². The quantitative estimate of drug-likeness (QED) is 0.824. The van der Waals surface area contributed by atoms with Crippen molar-refractivity contribution in [3.8, 4) is 0 Å². The monoisotopic (exact) mass is 256 g/mol. The predicted octanol–water partition coefficient (Wildman–Crippen LogP) is 2.87. The number of carbonyl (C=O) groups excluding carboxylic acids is 1. The molecule has 0 aliphatic heterocycles. The first-order valence-corrected chi connectivity index (χ1v) is 6.70. The van der Waals surface area contributed by atoms with Crippen LogP contribution >= 0.6 is 0 Å². The van der Waals surface area contributed by atoms with Crippen LogP contribution in [0.5, 0.6) is 0 Å².